The summed E-state index contributed by atoms with van der Waals surface area (Å²) in [4.78, 5) is 4.68. The Morgan fingerprint density at radius 1 is 1.00 bits per heavy atom. The second-order valence-electron chi connectivity index (χ2n) is 6.79. The van der Waals surface area contributed by atoms with Crippen LogP contribution in [0.3, 0.4) is 0 Å². The number of pyridine rings is 1. The molecule has 2 aromatic heterocycles. The van der Waals surface area contributed by atoms with Crippen molar-refractivity contribution in [2.75, 3.05) is 7.11 Å². The maximum Gasteiger partial charge on any atom is 0.171 e. The third-order valence-corrected chi connectivity index (χ3v) is 11.7. The molecule has 0 N–H and O–H groups in total. The molecule has 0 aromatic carbocycles. The molecule has 0 bridgehead atoms. The molecule has 21 heavy (non-hydrogen) atoms. The number of hydrogen-bond donors (Lipinski definition) is 0. The van der Waals surface area contributed by atoms with E-state index in [2.05, 4.69) is 63.0 Å². The van der Waals surface area contributed by atoms with Crippen molar-refractivity contribution >= 4 is 19.3 Å². The minimum atomic E-state index is -1.75. The van der Waals surface area contributed by atoms with Gasteiger partial charge in [0.05, 0.1) is 12.5 Å². The Kier molecular flexibility index (Phi) is 4.47. The molecule has 0 amide bonds. The summed E-state index contributed by atoms with van der Waals surface area (Å²) in [5.74, 6) is 0.915. The van der Waals surface area contributed by atoms with Crippen molar-refractivity contribution in [3.05, 3.63) is 24.5 Å². The molecule has 0 atom stereocenters. The zero-order valence-electron chi connectivity index (χ0n) is 14.3. The van der Waals surface area contributed by atoms with Gasteiger partial charge in [0.2, 0.25) is 0 Å². The average Bonchev–Trinajstić information content (AvgIpc) is 2.82. The first-order chi connectivity index (χ1) is 9.87. The van der Waals surface area contributed by atoms with Crippen LogP contribution in [-0.4, -0.2) is 24.6 Å². The first-order valence-corrected chi connectivity index (χ1v) is 10.1. The van der Waals surface area contributed by atoms with Crippen LogP contribution in [0.1, 0.15) is 41.5 Å². The summed E-state index contributed by atoms with van der Waals surface area (Å²) in [6.45, 7) is 14.2. The van der Waals surface area contributed by atoms with Crippen LogP contribution in [0.15, 0.2) is 24.5 Å². The average molecular weight is 305 g/mol. The maximum atomic E-state index is 5.50. The molecular formula is C17H28N2OSi. The van der Waals surface area contributed by atoms with E-state index in [1.54, 1.807) is 7.11 Å². The normalized spacial score (nSPS) is 12.9. The zero-order valence-corrected chi connectivity index (χ0v) is 15.3. The summed E-state index contributed by atoms with van der Waals surface area (Å²) < 4.78 is 8.02. The van der Waals surface area contributed by atoms with Crippen LogP contribution in [0.4, 0.5) is 0 Å². The van der Waals surface area contributed by atoms with Crippen LogP contribution < -0.4 is 4.74 Å². The summed E-state index contributed by atoms with van der Waals surface area (Å²) >= 11 is 0. The lowest BCUT2D eigenvalue weighted by molar-refractivity contribution is 0.419. The van der Waals surface area contributed by atoms with Crippen LogP contribution in [-0.2, 0) is 0 Å². The van der Waals surface area contributed by atoms with E-state index in [4.69, 9.17) is 4.74 Å². The van der Waals surface area contributed by atoms with E-state index in [0.717, 1.165) is 16.8 Å². The monoisotopic (exact) mass is 304 g/mol. The van der Waals surface area contributed by atoms with E-state index in [0.29, 0.717) is 16.6 Å². The van der Waals surface area contributed by atoms with Gasteiger partial charge in [0, 0.05) is 6.20 Å². The van der Waals surface area contributed by atoms with Gasteiger partial charge in [0.15, 0.2) is 8.24 Å². The summed E-state index contributed by atoms with van der Waals surface area (Å²) in [5.41, 5.74) is 3.04. The molecule has 0 aliphatic heterocycles. The van der Waals surface area contributed by atoms with Gasteiger partial charge >= 0.3 is 0 Å². The maximum absolute atomic E-state index is 5.50. The molecule has 0 fully saturated rings. The zero-order chi connectivity index (χ0) is 15.8. The first kappa shape index (κ1) is 16.1. The fraction of sp³-hybridized carbons (Fsp3) is 0.588. The summed E-state index contributed by atoms with van der Waals surface area (Å²) in [6.07, 6.45) is 4.10. The van der Waals surface area contributed by atoms with E-state index in [9.17, 15) is 0 Å². The summed E-state index contributed by atoms with van der Waals surface area (Å²) in [6, 6.07) is 4.10. The third-order valence-electron chi connectivity index (χ3n) is 4.96. The predicted molar refractivity (Wildman–Crippen MR) is 92.7 cm³/mol. The molecule has 0 aliphatic carbocycles. The smallest absolute Gasteiger partial charge is 0.171 e. The molecule has 3 nitrogen and oxygen atoms in total. The van der Waals surface area contributed by atoms with E-state index in [1.165, 1.54) is 0 Å². The quantitative estimate of drug-likeness (QED) is 0.721. The van der Waals surface area contributed by atoms with Gasteiger partial charge in [-0.15, -0.1) is 0 Å². The lowest BCUT2D eigenvalue weighted by Gasteiger charge is -2.44. The standard InChI is InChI=1S/C17H28N2OSi/c1-12(2)21(13(3)4,14(5)6)19-11-9-15-16(20-7)8-10-18-17(15)19/h8-14H,1-7H3. The fourth-order valence-corrected chi connectivity index (χ4v) is 10.9. The molecule has 0 saturated heterocycles. The van der Waals surface area contributed by atoms with Crippen LogP contribution in [0.2, 0.25) is 16.6 Å². The molecule has 116 valence electrons. The van der Waals surface area contributed by atoms with Gasteiger partial charge in [-0.3, -0.25) is 0 Å². The molecule has 2 aromatic rings. The van der Waals surface area contributed by atoms with Gasteiger partial charge in [-0.1, -0.05) is 41.5 Å². The first-order valence-electron chi connectivity index (χ1n) is 7.87. The molecule has 4 heteroatoms. The Balaban J connectivity index is 2.78. The highest BCUT2D eigenvalue weighted by atomic mass is 28.3. The van der Waals surface area contributed by atoms with Crippen molar-refractivity contribution in [3.8, 4) is 5.75 Å². The Morgan fingerprint density at radius 3 is 2.05 bits per heavy atom. The Morgan fingerprint density at radius 2 is 1.57 bits per heavy atom. The van der Waals surface area contributed by atoms with Gasteiger partial charge < -0.3 is 8.97 Å². The molecule has 0 unspecified atom stereocenters. The summed E-state index contributed by atoms with van der Waals surface area (Å²) in [5, 5.41) is 1.12. The second kappa shape index (κ2) is 5.83. The molecule has 0 saturated carbocycles. The molecule has 2 heterocycles. The van der Waals surface area contributed by atoms with E-state index < -0.39 is 8.24 Å². The van der Waals surface area contributed by atoms with Gasteiger partial charge in [-0.2, -0.15) is 0 Å². The largest absolute Gasteiger partial charge is 0.496 e. The fourth-order valence-electron chi connectivity index (χ4n) is 4.34. The van der Waals surface area contributed by atoms with Gasteiger partial charge in [-0.05, 0) is 35.0 Å². The predicted octanol–water partition coefficient (Wildman–Crippen LogP) is 5.07. The van der Waals surface area contributed by atoms with E-state index in [-0.39, 0.29) is 0 Å². The number of nitrogens with zero attached hydrogens (tertiary/aromatic N) is 2. The SMILES string of the molecule is COc1ccnc2c1ccn2[Si](C(C)C)(C(C)C)C(C)C. The van der Waals surface area contributed by atoms with Crippen LogP contribution >= 0.6 is 0 Å². The van der Waals surface area contributed by atoms with Crippen LogP contribution in [0.5, 0.6) is 5.75 Å². The highest BCUT2D eigenvalue weighted by Gasteiger charge is 2.46. The van der Waals surface area contributed by atoms with Gasteiger partial charge in [0.25, 0.3) is 0 Å². The Labute approximate surface area is 129 Å². The lowest BCUT2D eigenvalue weighted by Crippen LogP contribution is -2.51. The summed E-state index contributed by atoms with van der Waals surface area (Å²) in [7, 11) is -0.0267. The minimum Gasteiger partial charge on any atom is -0.496 e. The Hall–Kier alpha value is -1.29. The molecule has 2 rings (SSSR count). The van der Waals surface area contributed by atoms with Crippen molar-refractivity contribution < 1.29 is 4.74 Å². The van der Waals surface area contributed by atoms with Gasteiger partial charge in [-0.25, -0.2) is 4.98 Å². The second-order valence-corrected chi connectivity index (χ2v) is 12.5. The molecule has 0 aliphatic rings. The number of rotatable bonds is 5. The highest BCUT2D eigenvalue weighted by molar-refractivity contribution is 6.82. The number of hydrogen-bond acceptors (Lipinski definition) is 2. The van der Waals surface area contributed by atoms with Crippen LogP contribution in [0.25, 0.3) is 11.0 Å². The third kappa shape index (κ3) is 2.29. The number of methoxy groups -OCH3 is 1. The van der Waals surface area contributed by atoms with E-state index >= 15 is 0 Å². The molecule has 0 radical (unpaired) electrons. The lowest BCUT2D eigenvalue weighted by atomic mass is 10.3. The number of ether oxygens (including phenoxy) is 1. The highest BCUT2D eigenvalue weighted by Crippen LogP contribution is 2.44. The minimum absolute atomic E-state index is 0.654. The topological polar surface area (TPSA) is 27.1 Å². The Bertz CT molecular complexity index is 595. The van der Waals surface area contributed by atoms with Crippen molar-refractivity contribution in [1.29, 1.82) is 0 Å². The molecular weight excluding hydrogens is 276 g/mol. The van der Waals surface area contributed by atoms with Crippen LogP contribution in [0, 0.1) is 0 Å². The van der Waals surface area contributed by atoms with Gasteiger partial charge in [0.1, 0.15) is 11.4 Å². The number of aromatic nitrogens is 2. The molecule has 0 spiro atoms. The van der Waals surface area contributed by atoms with Crippen molar-refractivity contribution in [1.82, 2.24) is 9.22 Å². The van der Waals surface area contributed by atoms with Crippen molar-refractivity contribution in [2.24, 2.45) is 0 Å². The van der Waals surface area contributed by atoms with E-state index in [1.807, 2.05) is 12.3 Å². The van der Waals surface area contributed by atoms with Crippen molar-refractivity contribution in [2.45, 2.75) is 58.2 Å². The van der Waals surface area contributed by atoms with Crippen molar-refractivity contribution in [3.63, 3.8) is 0 Å². The number of fused-ring (bicyclic) bond motifs is 1.